The predicted octanol–water partition coefficient (Wildman–Crippen LogP) is 4.59. The second-order valence-corrected chi connectivity index (χ2v) is 8.97. The Morgan fingerprint density at radius 1 is 1.16 bits per heavy atom. The van der Waals surface area contributed by atoms with Gasteiger partial charge in [0.05, 0.1) is 18.1 Å². The standard InChI is InChI=1S/C24H29N5O3/c1-16(17-8-6-5-7-9-17)27-22-21-19(25-15-26-22)10-11-20(28-21)31-18-12-13-29(14-18)23(30)32-24(2,3)4/h5-11,15-16,18H,12-14H2,1-4H3,(H,25,26,27)/t16-,18+/m1/s1. The molecule has 3 aromatic rings. The first-order valence-corrected chi connectivity index (χ1v) is 10.9. The van der Waals surface area contributed by atoms with Crippen LogP contribution in [0.3, 0.4) is 0 Å². The molecule has 1 aliphatic rings. The number of benzene rings is 1. The highest BCUT2D eigenvalue weighted by Crippen LogP contribution is 2.26. The van der Waals surface area contributed by atoms with E-state index in [1.165, 1.54) is 6.33 Å². The molecule has 3 heterocycles. The molecule has 0 bridgehead atoms. The van der Waals surface area contributed by atoms with Crippen LogP contribution in [-0.2, 0) is 4.74 Å². The van der Waals surface area contributed by atoms with Crippen LogP contribution in [-0.4, -0.2) is 50.7 Å². The van der Waals surface area contributed by atoms with Crippen LogP contribution in [0.1, 0.15) is 45.7 Å². The number of nitrogens with zero attached hydrogens (tertiary/aromatic N) is 4. The molecule has 1 amide bonds. The van der Waals surface area contributed by atoms with Crippen molar-refractivity contribution in [1.29, 1.82) is 0 Å². The zero-order chi connectivity index (χ0) is 22.7. The largest absolute Gasteiger partial charge is 0.472 e. The average Bonchev–Trinajstić information content (AvgIpc) is 3.22. The van der Waals surface area contributed by atoms with E-state index in [1.54, 1.807) is 11.0 Å². The van der Waals surface area contributed by atoms with Crippen LogP contribution >= 0.6 is 0 Å². The summed E-state index contributed by atoms with van der Waals surface area (Å²) in [6, 6.07) is 13.9. The Morgan fingerprint density at radius 3 is 2.69 bits per heavy atom. The van der Waals surface area contributed by atoms with Crippen molar-refractivity contribution in [3.05, 3.63) is 54.4 Å². The minimum Gasteiger partial charge on any atom is -0.472 e. The molecule has 32 heavy (non-hydrogen) atoms. The summed E-state index contributed by atoms with van der Waals surface area (Å²) in [7, 11) is 0. The molecule has 168 valence electrons. The van der Waals surface area contributed by atoms with E-state index in [0.717, 1.165) is 17.5 Å². The number of nitrogens with one attached hydrogen (secondary N) is 1. The Balaban J connectivity index is 1.47. The summed E-state index contributed by atoms with van der Waals surface area (Å²) < 4.78 is 11.6. The average molecular weight is 436 g/mol. The van der Waals surface area contributed by atoms with Gasteiger partial charge in [-0.15, -0.1) is 0 Å². The van der Waals surface area contributed by atoms with Crippen LogP contribution in [0.25, 0.3) is 11.0 Å². The van der Waals surface area contributed by atoms with Crippen molar-refractivity contribution in [2.24, 2.45) is 0 Å². The molecule has 1 N–H and O–H groups in total. The van der Waals surface area contributed by atoms with Crippen molar-refractivity contribution in [2.75, 3.05) is 18.4 Å². The number of hydrogen-bond acceptors (Lipinski definition) is 7. The molecular weight excluding hydrogens is 406 g/mol. The van der Waals surface area contributed by atoms with Gasteiger partial charge in [-0.2, -0.15) is 0 Å². The lowest BCUT2D eigenvalue weighted by molar-refractivity contribution is 0.0275. The number of aromatic nitrogens is 3. The number of hydrogen-bond donors (Lipinski definition) is 1. The molecule has 8 nitrogen and oxygen atoms in total. The molecule has 2 atom stereocenters. The summed E-state index contributed by atoms with van der Waals surface area (Å²) in [6.45, 7) is 8.72. The fourth-order valence-corrected chi connectivity index (χ4v) is 3.61. The smallest absolute Gasteiger partial charge is 0.410 e. The van der Waals surface area contributed by atoms with E-state index < -0.39 is 5.60 Å². The molecule has 0 aliphatic carbocycles. The lowest BCUT2D eigenvalue weighted by Gasteiger charge is -2.24. The van der Waals surface area contributed by atoms with Crippen LogP contribution in [0, 0.1) is 0 Å². The van der Waals surface area contributed by atoms with Gasteiger partial charge < -0.3 is 19.7 Å². The van der Waals surface area contributed by atoms with Crippen LogP contribution in [0.15, 0.2) is 48.8 Å². The van der Waals surface area contributed by atoms with E-state index in [4.69, 9.17) is 9.47 Å². The van der Waals surface area contributed by atoms with Crippen molar-refractivity contribution in [1.82, 2.24) is 19.9 Å². The molecule has 0 unspecified atom stereocenters. The molecule has 0 radical (unpaired) electrons. The Labute approximate surface area is 188 Å². The Bertz CT molecular complexity index is 1080. The van der Waals surface area contributed by atoms with Gasteiger partial charge in [-0.25, -0.2) is 19.7 Å². The molecular formula is C24H29N5O3. The highest BCUT2D eigenvalue weighted by Gasteiger charge is 2.31. The maximum absolute atomic E-state index is 12.3. The van der Waals surface area contributed by atoms with E-state index in [0.29, 0.717) is 30.3 Å². The van der Waals surface area contributed by atoms with Crippen molar-refractivity contribution in [2.45, 2.75) is 51.9 Å². The molecule has 1 aromatic carbocycles. The van der Waals surface area contributed by atoms with Gasteiger partial charge in [0.1, 0.15) is 23.5 Å². The highest BCUT2D eigenvalue weighted by molar-refractivity contribution is 5.85. The Kier molecular flexibility index (Phi) is 6.12. The summed E-state index contributed by atoms with van der Waals surface area (Å²) in [4.78, 5) is 27.4. The second-order valence-electron chi connectivity index (χ2n) is 8.97. The van der Waals surface area contributed by atoms with Gasteiger partial charge in [-0.05, 0) is 39.3 Å². The Hall–Kier alpha value is -3.42. The van der Waals surface area contributed by atoms with E-state index >= 15 is 0 Å². The fourth-order valence-electron chi connectivity index (χ4n) is 3.61. The maximum atomic E-state index is 12.3. The number of amides is 1. The summed E-state index contributed by atoms with van der Waals surface area (Å²) in [5.74, 6) is 1.14. The predicted molar refractivity (Wildman–Crippen MR) is 123 cm³/mol. The quantitative estimate of drug-likeness (QED) is 0.627. The summed E-state index contributed by atoms with van der Waals surface area (Å²) >= 11 is 0. The lowest BCUT2D eigenvalue weighted by atomic mass is 10.1. The zero-order valence-corrected chi connectivity index (χ0v) is 18.9. The molecule has 1 saturated heterocycles. The number of likely N-dealkylation sites (tertiary alicyclic amines) is 1. The third kappa shape index (κ3) is 5.25. The van der Waals surface area contributed by atoms with Gasteiger partial charge in [-0.3, -0.25) is 0 Å². The van der Waals surface area contributed by atoms with Gasteiger partial charge >= 0.3 is 6.09 Å². The van der Waals surface area contributed by atoms with Gasteiger partial charge in [0.2, 0.25) is 5.88 Å². The molecule has 1 aliphatic heterocycles. The summed E-state index contributed by atoms with van der Waals surface area (Å²) in [6.07, 6.45) is 1.79. The first-order chi connectivity index (χ1) is 15.3. The van der Waals surface area contributed by atoms with Crippen LogP contribution in [0.5, 0.6) is 5.88 Å². The number of carbonyl (C=O) groups excluding carboxylic acids is 1. The maximum Gasteiger partial charge on any atom is 0.410 e. The SMILES string of the molecule is C[C@@H](Nc1ncnc2ccc(O[C@H]3CCN(C(=O)OC(C)(C)C)C3)nc12)c1ccccc1. The number of pyridine rings is 1. The normalized spacial score (nSPS) is 17.2. The molecule has 0 saturated carbocycles. The molecule has 2 aromatic heterocycles. The molecule has 0 spiro atoms. The van der Waals surface area contributed by atoms with Crippen molar-refractivity contribution >= 4 is 22.9 Å². The summed E-state index contributed by atoms with van der Waals surface area (Å²) in [5.41, 5.74) is 2.02. The number of fused-ring (bicyclic) bond motifs is 1. The monoisotopic (exact) mass is 435 g/mol. The third-order valence-corrected chi connectivity index (χ3v) is 5.19. The van der Waals surface area contributed by atoms with E-state index in [-0.39, 0.29) is 18.2 Å². The van der Waals surface area contributed by atoms with E-state index in [9.17, 15) is 4.79 Å². The lowest BCUT2D eigenvalue weighted by Crippen LogP contribution is -2.36. The molecule has 1 fully saturated rings. The number of anilines is 1. The van der Waals surface area contributed by atoms with Gasteiger partial charge in [0, 0.05) is 19.0 Å². The minimum atomic E-state index is -0.518. The molecule has 8 heteroatoms. The van der Waals surface area contributed by atoms with Crippen molar-refractivity contribution < 1.29 is 14.3 Å². The highest BCUT2D eigenvalue weighted by atomic mass is 16.6. The fraction of sp³-hybridized carbons (Fsp3) is 0.417. The number of rotatable bonds is 5. The first-order valence-electron chi connectivity index (χ1n) is 10.9. The van der Waals surface area contributed by atoms with Crippen molar-refractivity contribution in [3.63, 3.8) is 0 Å². The minimum absolute atomic E-state index is 0.0536. The van der Waals surface area contributed by atoms with E-state index in [1.807, 2.05) is 45.0 Å². The number of ether oxygens (including phenoxy) is 2. The van der Waals surface area contributed by atoms with Gasteiger partial charge in [-0.1, -0.05) is 30.3 Å². The van der Waals surface area contributed by atoms with Crippen LogP contribution in [0.2, 0.25) is 0 Å². The zero-order valence-electron chi connectivity index (χ0n) is 18.9. The number of carbonyl (C=O) groups is 1. The third-order valence-electron chi connectivity index (χ3n) is 5.19. The topological polar surface area (TPSA) is 89.5 Å². The second kappa shape index (κ2) is 8.98. The van der Waals surface area contributed by atoms with Gasteiger partial charge in [0.25, 0.3) is 0 Å². The van der Waals surface area contributed by atoms with Crippen molar-refractivity contribution in [3.8, 4) is 5.88 Å². The van der Waals surface area contributed by atoms with Gasteiger partial charge in [0.15, 0.2) is 5.82 Å². The summed E-state index contributed by atoms with van der Waals surface area (Å²) in [5, 5.41) is 3.43. The van der Waals surface area contributed by atoms with E-state index in [2.05, 4.69) is 39.3 Å². The molecule has 4 rings (SSSR count). The first kappa shape index (κ1) is 21.8. The Morgan fingerprint density at radius 2 is 1.94 bits per heavy atom. The van der Waals surface area contributed by atoms with Crippen LogP contribution in [0.4, 0.5) is 10.6 Å². The van der Waals surface area contributed by atoms with Crippen LogP contribution < -0.4 is 10.1 Å².